The molecule has 3 heteroatoms. The molecule has 0 heterocycles. The Morgan fingerprint density at radius 1 is 1.00 bits per heavy atom. The fourth-order valence-corrected chi connectivity index (χ4v) is 0.880. The average Bonchev–Trinajstić information content (AvgIpc) is 2.22. The minimum atomic E-state index is -0.211. The Morgan fingerprint density at radius 3 is 1.53 bits per heavy atom. The van der Waals surface area contributed by atoms with Crippen LogP contribution in [-0.4, -0.2) is 24.8 Å². The van der Waals surface area contributed by atoms with Crippen LogP contribution in [-0.2, 0) is 9.53 Å². The van der Waals surface area contributed by atoms with Crippen molar-refractivity contribution < 1.29 is 14.6 Å². The Hall–Kier alpha value is -0.570. The summed E-state index contributed by atoms with van der Waals surface area (Å²) in [6, 6.07) is 0. The number of hydrogen-bond acceptors (Lipinski definition) is 3. The summed E-state index contributed by atoms with van der Waals surface area (Å²) in [4.78, 5) is 9.82. The first-order chi connectivity index (χ1) is 7.18. The zero-order valence-electron chi connectivity index (χ0n) is 11.0. The fraction of sp³-hybridized carbons (Fsp3) is 0.917. The summed E-state index contributed by atoms with van der Waals surface area (Å²) in [5, 5.41) is 7.00. The van der Waals surface area contributed by atoms with Crippen molar-refractivity contribution in [1.82, 2.24) is 0 Å². The lowest BCUT2D eigenvalue weighted by Crippen LogP contribution is -1.95. The van der Waals surface area contributed by atoms with Gasteiger partial charge in [0.1, 0.15) is 0 Å². The lowest BCUT2D eigenvalue weighted by atomic mass is 10.2. The zero-order valence-corrected chi connectivity index (χ0v) is 11.0. The third-order valence-corrected chi connectivity index (χ3v) is 1.55. The molecule has 0 aliphatic carbocycles. The van der Waals surface area contributed by atoms with E-state index < -0.39 is 0 Å². The molecule has 0 saturated carbocycles. The number of hydrogen-bond donors (Lipinski definition) is 1. The van der Waals surface area contributed by atoms with E-state index in [1.807, 2.05) is 0 Å². The summed E-state index contributed by atoms with van der Waals surface area (Å²) < 4.78 is 4.40. The third-order valence-electron chi connectivity index (χ3n) is 1.55. The van der Waals surface area contributed by atoms with Crippen molar-refractivity contribution >= 4 is 5.97 Å². The van der Waals surface area contributed by atoms with Gasteiger partial charge in [-0.25, -0.2) is 0 Å². The molecule has 0 rings (SSSR count). The molecule has 3 nitrogen and oxygen atoms in total. The van der Waals surface area contributed by atoms with Crippen molar-refractivity contribution in [3.63, 3.8) is 0 Å². The molecule has 0 aromatic carbocycles. The van der Waals surface area contributed by atoms with Crippen molar-refractivity contribution in [2.75, 3.05) is 13.7 Å². The SMILES string of the molecule is CCCCCCC.CCOC(C)=O.CO. The van der Waals surface area contributed by atoms with Crippen molar-refractivity contribution in [2.45, 2.75) is 59.8 Å². The summed E-state index contributed by atoms with van der Waals surface area (Å²) >= 11 is 0. The zero-order chi connectivity index (χ0) is 12.5. The molecule has 0 spiro atoms. The molecule has 1 N–H and O–H groups in total. The van der Waals surface area contributed by atoms with Crippen LogP contribution in [0.25, 0.3) is 0 Å². The van der Waals surface area contributed by atoms with Crippen LogP contribution in [0.1, 0.15) is 59.8 Å². The van der Waals surface area contributed by atoms with E-state index in [9.17, 15) is 4.79 Å². The predicted molar refractivity (Wildman–Crippen MR) is 64.9 cm³/mol. The van der Waals surface area contributed by atoms with Crippen LogP contribution in [0.2, 0.25) is 0 Å². The van der Waals surface area contributed by atoms with Gasteiger partial charge < -0.3 is 9.84 Å². The smallest absolute Gasteiger partial charge is 0.302 e. The summed E-state index contributed by atoms with van der Waals surface area (Å²) in [5.74, 6) is -0.211. The van der Waals surface area contributed by atoms with Gasteiger partial charge in [-0.3, -0.25) is 4.79 Å². The molecule has 0 aromatic rings. The number of carbonyl (C=O) groups is 1. The number of rotatable bonds is 5. The van der Waals surface area contributed by atoms with Gasteiger partial charge in [0.2, 0.25) is 0 Å². The molecular weight excluding hydrogens is 192 g/mol. The van der Waals surface area contributed by atoms with Crippen molar-refractivity contribution in [3.8, 4) is 0 Å². The quantitative estimate of drug-likeness (QED) is 0.572. The van der Waals surface area contributed by atoms with E-state index in [1.165, 1.54) is 39.0 Å². The van der Waals surface area contributed by atoms with Gasteiger partial charge in [0, 0.05) is 14.0 Å². The number of aliphatic hydroxyl groups is 1. The summed E-state index contributed by atoms with van der Waals surface area (Å²) in [7, 11) is 1.00. The van der Waals surface area contributed by atoms with Crippen LogP contribution in [0.3, 0.4) is 0 Å². The molecule has 94 valence electrons. The molecule has 0 fully saturated rings. The molecule has 0 unspecified atom stereocenters. The highest BCUT2D eigenvalue weighted by Gasteiger charge is 1.81. The minimum Gasteiger partial charge on any atom is -0.466 e. The maximum Gasteiger partial charge on any atom is 0.302 e. The van der Waals surface area contributed by atoms with E-state index >= 15 is 0 Å². The summed E-state index contributed by atoms with van der Waals surface area (Å²) in [6.07, 6.45) is 7.01. The highest BCUT2D eigenvalue weighted by Crippen LogP contribution is 2.00. The van der Waals surface area contributed by atoms with Gasteiger partial charge in [-0.1, -0.05) is 46.0 Å². The van der Waals surface area contributed by atoms with Crippen LogP contribution in [0.5, 0.6) is 0 Å². The number of ether oxygens (including phenoxy) is 1. The van der Waals surface area contributed by atoms with Gasteiger partial charge in [0.25, 0.3) is 0 Å². The normalized spacial score (nSPS) is 7.87. The van der Waals surface area contributed by atoms with E-state index in [0.29, 0.717) is 6.61 Å². The monoisotopic (exact) mass is 220 g/mol. The van der Waals surface area contributed by atoms with Gasteiger partial charge in [-0.05, 0) is 6.92 Å². The molecular formula is C12H28O3. The molecule has 0 aliphatic rings. The van der Waals surface area contributed by atoms with Crippen LogP contribution in [0.4, 0.5) is 0 Å². The molecule has 0 aromatic heterocycles. The Balaban J connectivity index is -0.000000166. The first kappa shape index (κ1) is 19.9. The maximum absolute atomic E-state index is 9.82. The van der Waals surface area contributed by atoms with Gasteiger partial charge in [0.05, 0.1) is 6.61 Å². The lowest BCUT2D eigenvalue weighted by molar-refractivity contribution is -0.140. The summed E-state index contributed by atoms with van der Waals surface area (Å²) in [5.41, 5.74) is 0. The second kappa shape index (κ2) is 23.3. The molecule has 0 aliphatic heterocycles. The second-order valence-corrected chi connectivity index (χ2v) is 2.99. The minimum absolute atomic E-state index is 0.211. The average molecular weight is 220 g/mol. The van der Waals surface area contributed by atoms with E-state index in [0.717, 1.165) is 7.11 Å². The van der Waals surface area contributed by atoms with Crippen molar-refractivity contribution in [3.05, 3.63) is 0 Å². The van der Waals surface area contributed by atoms with Crippen molar-refractivity contribution in [2.24, 2.45) is 0 Å². The van der Waals surface area contributed by atoms with Crippen LogP contribution in [0.15, 0.2) is 0 Å². The Kier molecular flexibility index (Phi) is 31.0. The Labute approximate surface area is 94.8 Å². The van der Waals surface area contributed by atoms with Crippen LogP contribution >= 0.6 is 0 Å². The van der Waals surface area contributed by atoms with Crippen LogP contribution in [0, 0.1) is 0 Å². The lowest BCUT2D eigenvalue weighted by Gasteiger charge is -1.90. The Morgan fingerprint density at radius 2 is 1.40 bits per heavy atom. The van der Waals surface area contributed by atoms with E-state index in [4.69, 9.17) is 5.11 Å². The highest BCUT2D eigenvalue weighted by atomic mass is 16.5. The van der Waals surface area contributed by atoms with E-state index in [2.05, 4.69) is 18.6 Å². The third kappa shape index (κ3) is 42.4. The molecule has 0 radical (unpaired) electrons. The van der Waals surface area contributed by atoms with E-state index in [-0.39, 0.29) is 5.97 Å². The van der Waals surface area contributed by atoms with Gasteiger partial charge >= 0.3 is 5.97 Å². The largest absolute Gasteiger partial charge is 0.466 e. The van der Waals surface area contributed by atoms with Gasteiger partial charge in [0.15, 0.2) is 0 Å². The molecule has 0 bridgehead atoms. The Bertz CT molecular complexity index is 99.0. The summed E-state index contributed by atoms with van der Waals surface area (Å²) in [6.45, 7) is 8.14. The standard InChI is InChI=1S/C7H16.C4H8O2.CH4O/c1-3-5-7-6-4-2;1-3-6-4(2)5;1-2/h3-7H2,1-2H3;3H2,1-2H3;2H,1H3. The number of carbonyl (C=O) groups excluding carboxylic acids is 1. The van der Waals surface area contributed by atoms with Gasteiger partial charge in [-0.15, -0.1) is 0 Å². The first-order valence-electron chi connectivity index (χ1n) is 5.77. The molecule has 0 saturated heterocycles. The number of esters is 1. The fourth-order valence-electron chi connectivity index (χ4n) is 0.880. The van der Waals surface area contributed by atoms with Crippen LogP contribution < -0.4 is 0 Å². The highest BCUT2D eigenvalue weighted by molar-refractivity contribution is 5.65. The number of unbranched alkanes of at least 4 members (excludes halogenated alkanes) is 4. The van der Waals surface area contributed by atoms with E-state index in [1.54, 1.807) is 6.92 Å². The predicted octanol–water partition coefficient (Wildman–Crippen LogP) is 3.15. The molecule has 15 heavy (non-hydrogen) atoms. The van der Waals surface area contributed by atoms with Gasteiger partial charge in [-0.2, -0.15) is 0 Å². The topological polar surface area (TPSA) is 46.5 Å². The maximum atomic E-state index is 9.82. The molecule has 0 amide bonds. The van der Waals surface area contributed by atoms with Crippen molar-refractivity contribution in [1.29, 1.82) is 0 Å². The first-order valence-corrected chi connectivity index (χ1v) is 5.77. The number of aliphatic hydroxyl groups excluding tert-OH is 1. The molecule has 0 atom stereocenters. The second-order valence-electron chi connectivity index (χ2n) is 2.99.